The van der Waals surface area contributed by atoms with Crippen molar-refractivity contribution in [3.63, 3.8) is 0 Å². The Morgan fingerprint density at radius 3 is 2.06 bits per heavy atom. The molecule has 1 aliphatic rings. The molecule has 3 nitrogen and oxygen atoms in total. The maximum atomic E-state index is 13.4. The van der Waals surface area contributed by atoms with Crippen LogP contribution in [0, 0.1) is 11.8 Å². The summed E-state index contributed by atoms with van der Waals surface area (Å²) in [6, 6.07) is 8.17. The average molecular weight is 454 g/mol. The largest absolute Gasteiger partial charge is 0.274 e. The molecular weight excluding hydrogens is 405 g/mol. The molecule has 2 unspecified atom stereocenters. The van der Waals surface area contributed by atoms with E-state index in [4.69, 9.17) is 0 Å². The summed E-state index contributed by atoms with van der Waals surface area (Å²) in [6.45, 7) is 13.5. The number of benzene rings is 1. The number of nitrogens with zero attached hydrogens (tertiary/aromatic N) is 1. The zero-order valence-corrected chi connectivity index (χ0v) is 22.5. The Bertz CT molecular complexity index is 763. The van der Waals surface area contributed by atoms with E-state index in [1.807, 2.05) is 12.1 Å². The van der Waals surface area contributed by atoms with Gasteiger partial charge < -0.3 is 0 Å². The van der Waals surface area contributed by atoms with Crippen LogP contribution in [0.2, 0.25) is 5.31 Å². The number of hydrogen-bond acceptors (Lipinski definition) is 2. The number of amides is 2. The first-order chi connectivity index (χ1) is 15.5. The third-order valence-electron chi connectivity index (χ3n) is 7.24. The van der Waals surface area contributed by atoms with Gasteiger partial charge in [-0.3, -0.25) is 14.5 Å². The molecule has 4 heteroatoms. The van der Waals surface area contributed by atoms with Gasteiger partial charge in [0.25, 0.3) is 0 Å². The topological polar surface area (TPSA) is 37.4 Å². The maximum absolute atomic E-state index is 13.4. The van der Waals surface area contributed by atoms with E-state index < -0.39 is 0 Å². The highest BCUT2D eigenvalue weighted by molar-refractivity contribution is 6.21. The van der Waals surface area contributed by atoms with Gasteiger partial charge in [0.2, 0.25) is 11.8 Å². The molecule has 0 saturated carbocycles. The molecular formula is C29H48BNO2. The van der Waals surface area contributed by atoms with Crippen molar-refractivity contribution in [2.45, 2.75) is 123 Å². The molecule has 0 spiro atoms. The number of rotatable bonds is 14. The summed E-state index contributed by atoms with van der Waals surface area (Å²) in [5, 5.41) is 0.236. The van der Waals surface area contributed by atoms with Crippen molar-refractivity contribution in [3.05, 3.63) is 29.8 Å². The van der Waals surface area contributed by atoms with Gasteiger partial charge in [-0.1, -0.05) is 104 Å². The molecule has 33 heavy (non-hydrogen) atoms. The average Bonchev–Trinajstić information content (AvgIpc) is 3.02. The highest BCUT2D eigenvalue weighted by Crippen LogP contribution is 2.40. The minimum atomic E-state index is -0.146. The lowest BCUT2D eigenvalue weighted by Gasteiger charge is -2.33. The Hall–Kier alpha value is -1.58. The van der Waals surface area contributed by atoms with E-state index in [0.717, 1.165) is 37.8 Å². The number of hydrogen-bond donors (Lipinski definition) is 0. The SMILES string of the molecule is BC(C)(C)CC(C)(C)c1ccc(N2C(=O)CC(C(CCCC)CCCCCCC)C2=O)cc1. The molecule has 1 saturated heterocycles. The highest BCUT2D eigenvalue weighted by Gasteiger charge is 2.43. The molecule has 1 heterocycles. The normalized spacial score (nSPS) is 18.2. The van der Waals surface area contributed by atoms with Crippen LogP contribution in [-0.2, 0) is 15.0 Å². The van der Waals surface area contributed by atoms with E-state index >= 15 is 0 Å². The second-order valence-corrected chi connectivity index (χ2v) is 12.2. The Morgan fingerprint density at radius 2 is 1.48 bits per heavy atom. The van der Waals surface area contributed by atoms with E-state index in [1.165, 1.54) is 42.6 Å². The highest BCUT2D eigenvalue weighted by atomic mass is 16.2. The lowest BCUT2D eigenvalue weighted by Crippen LogP contribution is -2.32. The zero-order valence-electron chi connectivity index (χ0n) is 22.5. The van der Waals surface area contributed by atoms with Crippen LogP contribution in [0.1, 0.15) is 118 Å². The Labute approximate surface area is 204 Å². The van der Waals surface area contributed by atoms with Crippen LogP contribution in [0.15, 0.2) is 24.3 Å². The number of unbranched alkanes of at least 4 members (excludes halogenated alkanes) is 5. The van der Waals surface area contributed by atoms with E-state index in [0.29, 0.717) is 12.3 Å². The summed E-state index contributed by atoms with van der Waals surface area (Å²) < 4.78 is 0. The predicted molar refractivity (Wildman–Crippen MR) is 144 cm³/mol. The fourth-order valence-corrected chi connectivity index (χ4v) is 5.81. The molecule has 2 amide bonds. The first-order valence-corrected chi connectivity index (χ1v) is 13.5. The monoisotopic (exact) mass is 453 g/mol. The van der Waals surface area contributed by atoms with Gasteiger partial charge in [0.1, 0.15) is 7.85 Å². The van der Waals surface area contributed by atoms with Crippen LogP contribution < -0.4 is 4.90 Å². The smallest absolute Gasteiger partial charge is 0.237 e. The van der Waals surface area contributed by atoms with Crippen LogP contribution in [0.25, 0.3) is 0 Å². The Kier molecular flexibility index (Phi) is 10.2. The molecule has 0 aromatic heterocycles. The van der Waals surface area contributed by atoms with Crippen molar-refractivity contribution in [1.82, 2.24) is 0 Å². The van der Waals surface area contributed by atoms with Gasteiger partial charge in [-0.05, 0) is 48.3 Å². The Morgan fingerprint density at radius 1 is 0.909 bits per heavy atom. The lowest BCUT2D eigenvalue weighted by molar-refractivity contribution is -0.123. The third kappa shape index (κ3) is 8.00. The summed E-state index contributed by atoms with van der Waals surface area (Å²) in [7, 11) is 2.27. The summed E-state index contributed by atoms with van der Waals surface area (Å²) >= 11 is 0. The number of carbonyl (C=O) groups excluding carboxylic acids is 2. The van der Waals surface area contributed by atoms with E-state index in [9.17, 15) is 9.59 Å². The lowest BCUT2D eigenvalue weighted by atomic mass is 9.62. The van der Waals surface area contributed by atoms with E-state index in [1.54, 1.807) is 0 Å². The molecule has 1 aliphatic heterocycles. The molecule has 1 fully saturated rings. The molecule has 2 rings (SSSR count). The van der Waals surface area contributed by atoms with Crippen LogP contribution >= 0.6 is 0 Å². The summed E-state index contributed by atoms with van der Waals surface area (Å²) in [5.74, 6) is 0.181. The number of anilines is 1. The van der Waals surface area contributed by atoms with Gasteiger partial charge >= 0.3 is 0 Å². The van der Waals surface area contributed by atoms with Gasteiger partial charge in [-0.2, -0.15) is 0 Å². The summed E-state index contributed by atoms with van der Waals surface area (Å²) in [6.07, 6.45) is 12.1. The van der Waals surface area contributed by atoms with Crippen molar-refractivity contribution in [1.29, 1.82) is 0 Å². The predicted octanol–water partition coefficient (Wildman–Crippen LogP) is 7.23. The van der Waals surface area contributed by atoms with Crippen LogP contribution in [-0.4, -0.2) is 19.7 Å². The third-order valence-corrected chi connectivity index (χ3v) is 7.24. The van der Waals surface area contributed by atoms with Crippen LogP contribution in [0.5, 0.6) is 0 Å². The van der Waals surface area contributed by atoms with Gasteiger partial charge in [-0.25, -0.2) is 0 Å². The Balaban J connectivity index is 2.12. The second kappa shape index (κ2) is 12.2. The van der Waals surface area contributed by atoms with E-state index in [-0.39, 0.29) is 28.5 Å². The fourth-order valence-electron chi connectivity index (χ4n) is 5.81. The summed E-state index contributed by atoms with van der Waals surface area (Å²) in [4.78, 5) is 27.9. The van der Waals surface area contributed by atoms with Crippen molar-refractivity contribution >= 4 is 25.3 Å². The molecule has 2 atom stereocenters. The minimum absolute atomic E-state index is 0.0244. The standard InChI is InChI=1S/C29H48BNO2/c1-7-9-11-12-13-15-22(14-10-8-2)25-20-26(32)31(27(25)33)24-18-16-23(17-19-24)28(3,4)21-29(5,6)30/h16-19,22,25H,7-15,20-21,30H2,1-6H3. The first-order valence-electron chi connectivity index (χ1n) is 13.5. The molecule has 0 bridgehead atoms. The zero-order chi connectivity index (χ0) is 24.6. The number of imide groups is 1. The van der Waals surface area contributed by atoms with Crippen LogP contribution in [0.4, 0.5) is 5.69 Å². The molecule has 0 N–H and O–H groups in total. The minimum Gasteiger partial charge on any atom is -0.274 e. The number of carbonyl (C=O) groups is 2. The van der Waals surface area contributed by atoms with Crippen molar-refractivity contribution in [2.75, 3.05) is 4.90 Å². The van der Waals surface area contributed by atoms with Gasteiger partial charge in [0.15, 0.2) is 0 Å². The first kappa shape index (κ1) is 27.7. The maximum Gasteiger partial charge on any atom is 0.237 e. The molecule has 0 aliphatic carbocycles. The van der Waals surface area contributed by atoms with E-state index in [2.05, 4.69) is 61.5 Å². The van der Waals surface area contributed by atoms with Gasteiger partial charge in [0, 0.05) is 6.42 Å². The van der Waals surface area contributed by atoms with Crippen molar-refractivity contribution in [3.8, 4) is 0 Å². The molecule has 1 aromatic rings. The van der Waals surface area contributed by atoms with Gasteiger partial charge in [-0.15, -0.1) is 0 Å². The van der Waals surface area contributed by atoms with Crippen molar-refractivity contribution < 1.29 is 9.59 Å². The molecule has 0 radical (unpaired) electrons. The summed E-state index contributed by atoms with van der Waals surface area (Å²) in [5.41, 5.74) is 2.03. The molecule has 184 valence electrons. The fraction of sp³-hybridized carbons (Fsp3) is 0.724. The van der Waals surface area contributed by atoms with Crippen molar-refractivity contribution in [2.24, 2.45) is 11.8 Å². The van der Waals surface area contributed by atoms with Gasteiger partial charge in [0.05, 0.1) is 11.6 Å². The molecule has 1 aromatic carbocycles. The van der Waals surface area contributed by atoms with Crippen LogP contribution in [0.3, 0.4) is 0 Å². The quantitative estimate of drug-likeness (QED) is 0.169. The second-order valence-electron chi connectivity index (χ2n) is 12.2.